The fourth-order valence-electron chi connectivity index (χ4n) is 3.43. The predicted octanol–water partition coefficient (Wildman–Crippen LogP) is 4.62. The van der Waals surface area contributed by atoms with E-state index >= 15 is 0 Å². The Kier molecular flexibility index (Phi) is 7.68. The molecule has 7 heteroatoms. The van der Waals surface area contributed by atoms with Crippen molar-refractivity contribution in [1.29, 1.82) is 0 Å². The highest BCUT2D eigenvalue weighted by Crippen LogP contribution is 2.26. The van der Waals surface area contributed by atoms with E-state index in [-0.39, 0.29) is 11.8 Å². The van der Waals surface area contributed by atoms with Gasteiger partial charge in [-0.1, -0.05) is 31.4 Å². The van der Waals surface area contributed by atoms with E-state index in [1.165, 1.54) is 6.42 Å². The molecule has 2 aromatic carbocycles. The van der Waals surface area contributed by atoms with E-state index in [1.807, 2.05) is 0 Å². The first-order chi connectivity index (χ1) is 14.6. The van der Waals surface area contributed by atoms with Gasteiger partial charge in [-0.05, 0) is 49.2 Å². The van der Waals surface area contributed by atoms with Gasteiger partial charge >= 0.3 is 6.16 Å². The molecular weight excluding hydrogens is 386 g/mol. The van der Waals surface area contributed by atoms with Crippen molar-refractivity contribution in [1.82, 2.24) is 5.48 Å². The zero-order valence-electron chi connectivity index (χ0n) is 17.3. The van der Waals surface area contributed by atoms with Crippen LogP contribution in [0.5, 0.6) is 11.5 Å². The van der Waals surface area contributed by atoms with Gasteiger partial charge in [-0.25, -0.2) is 4.79 Å². The van der Waals surface area contributed by atoms with Crippen molar-refractivity contribution in [3.63, 3.8) is 0 Å². The second-order valence-electron chi connectivity index (χ2n) is 7.17. The van der Waals surface area contributed by atoms with Gasteiger partial charge in [0.1, 0.15) is 11.5 Å². The topological polar surface area (TPSA) is 83.1 Å². The van der Waals surface area contributed by atoms with Crippen LogP contribution in [0.3, 0.4) is 0 Å². The number of ketones is 1. The number of hydroxylamine groups is 1. The van der Waals surface area contributed by atoms with Crippen LogP contribution in [0.1, 0.15) is 54.1 Å². The van der Waals surface area contributed by atoms with Crippen LogP contribution < -0.4 is 15.0 Å². The minimum absolute atomic E-state index is 0.114. The maximum atomic E-state index is 13.1. The zero-order chi connectivity index (χ0) is 21.3. The number of Topliss-reactive ketones (excluding diaryl/α,β-unsaturated/α-hetero) is 1. The van der Waals surface area contributed by atoms with Crippen LogP contribution in [-0.4, -0.2) is 32.2 Å². The first-order valence-corrected chi connectivity index (χ1v) is 10.1. The molecule has 2 aromatic rings. The molecule has 0 amide bonds. The maximum Gasteiger partial charge on any atom is 0.528 e. The summed E-state index contributed by atoms with van der Waals surface area (Å²) < 4.78 is 15.7. The molecule has 3 rings (SSSR count). The molecule has 7 nitrogen and oxygen atoms in total. The molecule has 0 saturated heterocycles. The molecule has 160 valence electrons. The van der Waals surface area contributed by atoms with Gasteiger partial charge in [-0.15, -0.1) is 5.48 Å². The summed E-state index contributed by atoms with van der Waals surface area (Å²) in [5, 5.41) is 0. The molecule has 1 saturated carbocycles. The Morgan fingerprint density at radius 2 is 1.43 bits per heavy atom. The average Bonchev–Trinajstić information content (AvgIpc) is 2.81. The Labute approximate surface area is 176 Å². The Morgan fingerprint density at radius 3 is 2.00 bits per heavy atom. The summed E-state index contributed by atoms with van der Waals surface area (Å²) in [6.07, 6.45) is 3.19. The molecule has 1 aliphatic rings. The summed E-state index contributed by atoms with van der Waals surface area (Å²) in [6.45, 7) is 0. The van der Waals surface area contributed by atoms with Crippen molar-refractivity contribution in [3.8, 4) is 11.5 Å². The van der Waals surface area contributed by atoms with Crippen LogP contribution >= 0.6 is 0 Å². The standard InChI is InChI=1S/C23H27NO6/c1-27-19-12-8-16(9-13-19)21(25)22(17-10-14-20(28-2)15-11-17)29-23(26)30-24-18-6-4-3-5-7-18/h8-15,18,22,24H,3-7H2,1-2H3. The predicted molar refractivity (Wildman–Crippen MR) is 111 cm³/mol. The van der Waals surface area contributed by atoms with Gasteiger partial charge in [0, 0.05) is 17.2 Å². The summed E-state index contributed by atoms with van der Waals surface area (Å²) in [5.74, 6) is 0.901. The lowest BCUT2D eigenvalue weighted by molar-refractivity contribution is -0.0183. The first kappa shape index (κ1) is 21.6. The lowest BCUT2D eigenvalue weighted by Gasteiger charge is -2.22. The van der Waals surface area contributed by atoms with Crippen LogP contribution in [0.15, 0.2) is 48.5 Å². The number of hydrogen-bond donors (Lipinski definition) is 1. The van der Waals surface area contributed by atoms with Gasteiger partial charge in [-0.3, -0.25) is 4.79 Å². The van der Waals surface area contributed by atoms with Crippen LogP contribution in [0, 0.1) is 0 Å². The zero-order valence-corrected chi connectivity index (χ0v) is 17.3. The molecule has 0 aliphatic heterocycles. The Hall–Kier alpha value is -3.06. The van der Waals surface area contributed by atoms with Crippen LogP contribution in [0.25, 0.3) is 0 Å². The number of ether oxygens (including phenoxy) is 3. The van der Waals surface area contributed by atoms with Crippen molar-refractivity contribution >= 4 is 11.9 Å². The average molecular weight is 413 g/mol. The number of carbonyl (C=O) groups excluding carboxylic acids is 2. The van der Waals surface area contributed by atoms with Crippen LogP contribution in [0.4, 0.5) is 4.79 Å². The fourth-order valence-corrected chi connectivity index (χ4v) is 3.43. The smallest absolute Gasteiger partial charge is 0.497 e. The number of carbonyl (C=O) groups is 2. The highest BCUT2D eigenvalue weighted by Gasteiger charge is 2.28. The van der Waals surface area contributed by atoms with Crippen molar-refractivity contribution < 1.29 is 28.6 Å². The summed E-state index contributed by atoms with van der Waals surface area (Å²) in [4.78, 5) is 30.5. The fraction of sp³-hybridized carbons (Fsp3) is 0.391. The Morgan fingerprint density at radius 1 is 0.867 bits per heavy atom. The molecule has 1 aliphatic carbocycles. The van der Waals surface area contributed by atoms with Crippen LogP contribution in [-0.2, 0) is 9.57 Å². The number of nitrogens with one attached hydrogen (secondary N) is 1. The summed E-state index contributed by atoms with van der Waals surface area (Å²) in [6, 6.07) is 13.5. The molecule has 0 heterocycles. The second-order valence-corrected chi connectivity index (χ2v) is 7.17. The Bertz CT molecular complexity index is 828. The second kappa shape index (κ2) is 10.6. The largest absolute Gasteiger partial charge is 0.528 e. The third kappa shape index (κ3) is 5.73. The molecule has 30 heavy (non-hydrogen) atoms. The van der Waals surface area contributed by atoms with E-state index in [2.05, 4.69) is 5.48 Å². The molecule has 1 atom stereocenters. The number of hydrogen-bond acceptors (Lipinski definition) is 7. The lowest BCUT2D eigenvalue weighted by Crippen LogP contribution is -2.34. The quantitative estimate of drug-likeness (QED) is 0.384. The van der Waals surface area contributed by atoms with E-state index in [0.29, 0.717) is 22.6 Å². The summed E-state index contributed by atoms with van der Waals surface area (Å²) >= 11 is 0. The summed E-state index contributed by atoms with van der Waals surface area (Å²) in [5.41, 5.74) is 3.68. The number of rotatable bonds is 8. The molecule has 0 spiro atoms. The molecule has 0 radical (unpaired) electrons. The van der Waals surface area contributed by atoms with Crippen molar-refractivity contribution in [2.45, 2.75) is 44.2 Å². The van der Waals surface area contributed by atoms with Gasteiger partial charge < -0.3 is 19.0 Å². The van der Waals surface area contributed by atoms with E-state index < -0.39 is 12.3 Å². The first-order valence-electron chi connectivity index (χ1n) is 10.1. The SMILES string of the molecule is COc1ccc(C(=O)C(OC(=O)ONC2CCCCC2)c2ccc(OC)cc2)cc1. The van der Waals surface area contributed by atoms with Gasteiger partial charge in [-0.2, -0.15) is 0 Å². The van der Waals surface area contributed by atoms with E-state index in [9.17, 15) is 9.59 Å². The molecule has 0 aromatic heterocycles. The van der Waals surface area contributed by atoms with Gasteiger partial charge in [0.15, 0.2) is 6.10 Å². The summed E-state index contributed by atoms with van der Waals surface area (Å²) in [7, 11) is 3.11. The molecule has 0 bridgehead atoms. The molecule has 1 fully saturated rings. The van der Waals surface area contributed by atoms with Crippen molar-refractivity contribution in [2.75, 3.05) is 14.2 Å². The minimum Gasteiger partial charge on any atom is -0.497 e. The van der Waals surface area contributed by atoms with E-state index in [1.54, 1.807) is 62.8 Å². The highest BCUT2D eigenvalue weighted by atomic mass is 16.8. The van der Waals surface area contributed by atoms with E-state index in [0.717, 1.165) is 25.7 Å². The molecule has 1 N–H and O–H groups in total. The van der Waals surface area contributed by atoms with Crippen molar-refractivity contribution in [3.05, 3.63) is 59.7 Å². The third-order valence-electron chi connectivity index (χ3n) is 5.16. The normalized spacial score (nSPS) is 15.1. The number of methoxy groups -OCH3 is 2. The molecular formula is C23H27NO6. The van der Waals surface area contributed by atoms with E-state index in [4.69, 9.17) is 19.0 Å². The van der Waals surface area contributed by atoms with Gasteiger partial charge in [0.25, 0.3) is 0 Å². The van der Waals surface area contributed by atoms with Gasteiger partial charge in [0.05, 0.1) is 14.2 Å². The minimum atomic E-state index is -1.15. The molecule has 1 unspecified atom stereocenters. The lowest BCUT2D eigenvalue weighted by atomic mass is 9.96. The third-order valence-corrected chi connectivity index (χ3v) is 5.16. The van der Waals surface area contributed by atoms with Crippen molar-refractivity contribution in [2.24, 2.45) is 0 Å². The Balaban J connectivity index is 1.73. The van der Waals surface area contributed by atoms with Crippen LogP contribution in [0.2, 0.25) is 0 Å². The highest BCUT2D eigenvalue weighted by molar-refractivity contribution is 6.00. The maximum absolute atomic E-state index is 13.1. The van der Waals surface area contributed by atoms with Gasteiger partial charge in [0.2, 0.25) is 5.78 Å². The monoisotopic (exact) mass is 413 g/mol. The number of benzene rings is 2.